The standard InChI is InChI=1S/C15H21F2N5O.2ClH/c16-15(17)7-11(18-9-15)14(23)21-5-1-3-10(8-21)13-20-19-12-4-2-6-22(12)13;;/h10-11,18H,1-9H2;2*1H. The number of nitrogens with zero attached hydrogens (tertiary/aromatic N) is 4. The molecule has 0 spiro atoms. The Bertz CT molecular complexity index is 627. The monoisotopic (exact) mass is 397 g/mol. The Kier molecular flexibility index (Phi) is 6.27. The molecule has 142 valence electrons. The van der Waals surface area contributed by atoms with Gasteiger partial charge in [-0.25, -0.2) is 8.78 Å². The number of hydrogen-bond donors (Lipinski definition) is 1. The van der Waals surface area contributed by atoms with E-state index in [1.54, 1.807) is 4.90 Å². The van der Waals surface area contributed by atoms with Gasteiger partial charge in [-0.3, -0.25) is 10.1 Å². The largest absolute Gasteiger partial charge is 0.341 e. The normalized spacial score (nSPS) is 27.4. The van der Waals surface area contributed by atoms with Crippen LogP contribution >= 0.6 is 24.8 Å². The number of carbonyl (C=O) groups excluding carboxylic acids is 1. The lowest BCUT2D eigenvalue weighted by molar-refractivity contribution is -0.135. The van der Waals surface area contributed by atoms with Crippen LogP contribution in [0.1, 0.15) is 43.3 Å². The first-order valence-corrected chi connectivity index (χ1v) is 8.35. The predicted octanol–water partition coefficient (Wildman–Crippen LogP) is 1.77. The highest BCUT2D eigenvalue weighted by Crippen LogP contribution is 2.31. The summed E-state index contributed by atoms with van der Waals surface area (Å²) in [6.45, 7) is 1.73. The average Bonchev–Trinajstić information content (AvgIpc) is 3.21. The van der Waals surface area contributed by atoms with Crippen molar-refractivity contribution in [3.8, 4) is 0 Å². The smallest absolute Gasteiger partial charge is 0.262 e. The molecule has 1 aromatic heterocycles. The van der Waals surface area contributed by atoms with Gasteiger partial charge >= 0.3 is 0 Å². The van der Waals surface area contributed by atoms with Crippen LogP contribution in [0.2, 0.25) is 0 Å². The fraction of sp³-hybridized carbons (Fsp3) is 0.800. The molecule has 0 aromatic carbocycles. The summed E-state index contributed by atoms with van der Waals surface area (Å²) in [6, 6.07) is -0.757. The summed E-state index contributed by atoms with van der Waals surface area (Å²) in [5, 5.41) is 11.2. The lowest BCUT2D eigenvalue weighted by Crippen LogP contribution is -2.47. The summed E-state index contributed by atoms with van der Waals surface area (Å²) in [7, 11) is 0. The summed E-state index contributed by atoms with van der Waals surface area (Å²) >= 11 is 0. The highest BCUT2D eigenvalue weighted by molar-refractivity contribution is 5.85. The van der Waals surface area contributed by atoms with Gasteiger partial charge in [-0.05, 0) is 19.3 Å². The van der Waals surface area contributed by atoms with Crippen LogP contribution < -0.4 is 5.32 Å². The van der Waals surface area contributed by atoms with E-state index in [2.05, 4.69) is 20.1 Å². The maximum absolute atomic E-state index is 13.3. The van der Waals surface area contributed by atoms with Gasteiger partial charge in [0.2, 0.25) is 5.91 Å². The lowest BCUT2D eigenvalue weighted by atomic mass is 9.96. The van der Waals surface area contributed by atoms with E-state index in [0.29, 0.717) is 13.1 Å². The molecule has 0 saturated carbocycles. The molecule has 4 rings (SSSR count). The molecular weight excluding hydrogens is 375 g/mol. The maximum atomic E-state index is 13.3. The number of amides is 1. The van der Waals surface area contributed by atoms with Crippen molar-refractivity contribution in [2.24, 2.45) is 0 Å². The summed E-state index contributed by atoms with van der Waals surface area (Å²) in [5.41, 5.74) is 0. The Morgan fingerprint density at radius 2 is 2.00 bits per heavy atom. The highest BCUT2D eigenvalue weighted by atomic mass is 35.5. The summed E-state index contributed by atoms with van der Waals surface area (Å²) in [5.74, 6) is -0.828. The Labute approximate surface area is 157 Å². The van der Waals surface area contributed by atoms with E-state index in [1.165, 1.54) is 0 Å². The second-order valence-electron chi connectivity index (χ2n) is 6.85. The third-order valence-electron chi connectivity index (χ3n) is 5.14. The molecule has 1 aromatic rings. The first kappa shape index (κ1) is 20.3. The summed E-state index contributed by atoms with van der Waals surface area (Å²) in [4.78, 5) is 14.3. The quantitative estimate of drug-likeness (QED) is 0.825. The minimum atomic E-state index is -2.77. The predicted molar refractivity (Wildman–Crippen MR) is 92.7 cm³/mol. The number of piperidine rings is 1. The molecular formula is C15H23Cl2F2N5O. The molecule has 3 aliphatic rings. The molecule has 1 N–H and O–H groups in total. The molecule has 3 aliphatic heterocycles. The topological polar surface area (TPSA) is 63.1 Å². The molecule has 1 amide bonds. The summed E-state index contributed by atoms with van der Waals surface area (Å²) < 4.78 is 28.8. The van der Waals surface area contributed by atoms with Gasteiger partial charge in [-0.1, -0.05) is 0 Å². The van der Waals surface area contributed by atoms with Gasteiger partial charge in [0.15, 0.2) is 0 Å². The van der Waals surface area contributed by atoms with E-state index < -0.39 is 24.9 Å². The van der Waals surface area contributed by atoms with Crippen molar-refractivity contribution in [3.63, 3.8) is 0 Å². The van der Waals surface area contributed by atoms with E-state index in [0.717, 1.165) is 43.9 Å². The minimum Gasteiger partial charge on any atom is -0.341 e. The number of hydrogen-bond acceptors (Lipinski definition) is 4. The number of carbonyl (C=O) groups is 1. The Morgan fingerprint density at radius 3 is 2.72 bits per heavy atom. The van der Waals surface area contributed by atoms with Gasteiger partial charge in [-0.15, -0.1) is 35.0 Å². The van der Waals surface area contributed by atoms with Crippen LogP contribution in [0.25, 0.3) is 0 Å². The number of nitrogens with one attached hydrogen (secondary N) is 1. The first-order valence-electron chi connectivity index (χ1n) is 8.35. The molecule has 4 heterocycles. The maximum Gasteiger partial charge on any atom is 0.262 e. The van der Waals surface area contributed by atoms with Crippen LogP contribution in [0.4, 0.5) is 8.78 Å². The fourth-order valence-electron chi connectivity index (χ4n) is 3.97. The zero-order valence-electron chi connectivity index (χ0n) is 13.8. The van der Waals surface area contributed by atoms with Crippen molar-refractivity contribution >= 4 is 30.7 Å². The van der Waals surface area contributed by atoms with Gasteiger partial charge < -0.3 is 9.47 Å². The van der Waals surface area contributed by atoms with E-state index in [-0.39, 0.29) is 36.6 Å². The zero-order chi connectivity index (χ0) is 16.0. The number of rotatable bonds is 2. The van der Waals surface area contributed by atoms with Gasteiger partial charge in [0.05, 0.1) is 12.6 Å². The molecule has 10 heteroatoms. The van der Waals surface area contributed by atoms with Crippen LogP contribution in [0.3, 0.4) is 0 Å². The van der Waals surface area contributed by atoms with E-state index in [1.807, 2.05) is 0 Å². The second kappa shape index (κ2) is 7.72. The molecule has 6 nitrogen and oxygen atoms in total. The average molecular weight is 398 g/mol. The fourth-order valence-corrected chi connectivity index (χ4v) is 3.97. The molecule has 2 saturated heterocycles. The van der Waals surface area contributed by atoms with Crippen molar-refractivity contribution in [2.75, 3.05) is 19.6 Å². The van der Waals surface area contributed by atoms with Gasteiger partial charge in [0.25, 0.3) is 5.92 Å². The minimum absolute atomic E-state index is 0. The number of aryl methyl sites for hydroxylation is 1. The number of fused-ring (bicyclic) bond motifs is 1. The molecule has 0 bridgehead atoms. The molecule has 0 radical (unpaired) electrons. The molecule has 2 unspecified atom stereocenters. The number of likely N-dealkylation sites (tertiary alicyclic amines) is 1. The number of alkyl halides is 2. The van der Waals surface area contributed by atoms with Crippen molar-refractivity contribution in [1.29, 1.82) is 0 Å². The lowest BCUT2D eigenvalue weighted by Gasteiger charge is -2.33. The number of aromatic nitrogens is 3. The van der Waals surface area contributed by atoms with Crippen LogP contribution in [0.5, 0.6) is 0 Å². The summed E-state index contributed by atoms with van der Waals surface area (Å²) in [6.07, 6.45) is 3.50. The van der Waals surface area contributed by atoms with Gasteiger partial charge in [0, 0.05) is 38.4 Å². The van der Waals surface area contributed by atoms with Crippen molar-refractivity contribution < 1.29 is 13.6 Å². The van der Waals surface area contributed by atoms with Crippen LogP contribution in [-0.4, -0.2) is 57.2 Å². The SMILES string of the molecule is Cl.Cl.O=C(C1CC(F)(F)CN1)N1CCCC(c2nnc3n2CCC3)C1. The first-order chi connectivity index (χ1) is 11.0. The Balaban J connectivity index is 0.00000113. The Hall–Kier alpha value is -0.990. The molecule has 2 fully saturated rings. The van der Waals surface area contributed by atoms with Crippen LogP contribution in [0, 0.1) is 0 Å². The molecule has 25 heavy (non-hydrogen) atoms. The second-order valence-corrected chi connectivity index (χ2v) is 6.85. The van der Waals surface area contributed by atoms with Crippen molar-refractivity contribution in [3.05, 3.63) is 11.6 Å². The third-order valence-corrected chi connectivity index (χ3v) is 5.14. The van der Waals surface area contributed by atoms with Crippen molar-refractivity contribution in [1.82, 2.24) is 25.0 Å². The number of halogens is 4. The third kappa shape index (κ3) is 3.90. The van der Waals surface area contributed by atoms with E-state index in [4.69, 9.17) is 0 Å². The van der Waals surface area contributed by atoms with Crippen LogP contribution in [-0.2, 0) is 17.8 Å². The molecule has 0 aliphatic carbocycles. The molecule has 2 atom stereocenters. The highest BCUT2D eigenvalue weighted by Gasteiger charge is 2.44. The van der Waals surface area contributed by atoms with Gasteiger partial charge in [0.1, 0.15) is 11.6 Å². The van der Waals surface area contributed by atoms with Crippen LogP contribution in [0.15, 0.2) is 0 Å². The van der Waals surface area contributed by atoms with Gasteiger partial charge in [-0.2, -0.15) is 0 Å². The van der Waals surface area contributed by atoms with E-state index in [9.17, 15) is 13.6 Å². The Morgan fingerprint density at radius 1 is 1.20 bits per heavy atom. The van der Waals surface area contributed by atoms with Crippen molar-refractivity contribution in [2.45, 2.75) is 56.5 Å². The van der Waals surface area contributed by atoms with E-state index >= 15 is 0 Å². The zero-order valence-corrected chi connectivity index (χ0v) is 15.4.